The van der Waals surface area contributed by atoms with Crippen LogP contribution in [0.5, 0.6) is 0 Å². The molecule has 1 aromatic carbocycles. The Morgan fingerprint density at radius 3 is 2.57 bits per heavy atom. The number of hydrogen-bond acceptors (Lipinski definition) is 2. The van der Waals surface area contributed by atoms with E-state index in [0.717, 1.165) is 12.5 Å². The van der Waals surface area contributed by atoms with Gasteiger partial charge in [0.05, 0.1) is 0 Å². The summed E-state index contributed by atoms with van der Waals surface area (Å²) >= 11 is 0. The number of likely N-dealkylation sites (N-methyl/N-ethyl adjacent to an activating group) is 1. The van der Waals surface area contributed by atoms with Crippen molar-refractivity contribution in [1.82, 2.24) is 10.2 Å². The largest absolute Gasteiger partial charge is 0.309 e. The zero-order valence-corrected chi connectivity index (χ0v) is 14.0. The standard InChI is InChI=1S/C19H32N2/c1-4-10-16-13-14-21(15-16)18(5-2)19(20-6-3)17-11-8-7-9-12-17/h7-9,11-12,16,18-20H,4-6,10,13-15H2,1-3H3. The molecule has 0 amide bonds. The summed E-state index contributed by atoms with van der Waals surface area (Å²) in [5.74, 6) is 0.919. The van der Waals surface area contributed by atoms with Crippen molar-refractivity contribution in [2.45, 2.75) is 58.5 Å². The first kappa shape index (κ1) is 16.5. The topological polar surface area (TPSA) is 15.3 Å². The normalized spacial score (nSPS) is 22.3. The number of benzene rings is 1. The van der Waals surface area contributed by atoms with E-state index < -0.39 is 0 Å². The minimum Gasteiger partial charge on any atom is -0.309 e. The van der Waals surface area contributed by atoms with Gasteiger partial charge in [-0.15, -0.1) is 0 Å². The summed E-state index contributed by atoms with van der Waals surface area (Å²) in [5, 5.41) is 3.73. The Kier molecular flexibility index (Phi) is 6.72. The Hall–Kier alpha value is -0.860. The third kappa shape index (κ3) is 4.31. The third-order valence-electron chi connectivity index (χ3n) is 4.87. The maximum atomic E-state index is 3.73. The Morgan fingerprint density at radius 2 is 1.95 bits per heavy atom. The Morgan fingerprint density at radius 1 is 1.19 bits per heavy atom. The number of likely N-dealkylation sites (tertiary alicyclic amines) is 1. The molecule has 2 nitrogen and oxygen atoms in total. The molecular weight excluding hydrogens is 256 g/mol. The van der Waals surface area contributed by atoms with Crippen molar-refractivity contribution >= 4 is 0 Å². The zero-order chi connectivity index (χ0) is 15.1. The second-order valence-electron chi connectivity index (χ2n) is 6.36. The molecule has 1 N–H and O–H groups in total. The smallest absolute Gasteiger partial charge is 0.0477 e. The molecule has 0 aliphatic carbocycles. The maximum Gasteiger partial charge on any atom is 0.0477 e. The lowest BCUT2D eigenvalue weighted by Crippen LogP contribution is -2.43. The molecule has 0 saturated carbocycles. The van der Waals surface area contributed by atoms with Gasteiger partial charge >= 0.3 is 0 Å². The van der Waals surface area contributed by atoms with Crippen LogP contribution in [-0.4, -0.2) is 30.6 Å². The Labute approximate surface area is 130 Å². The molecule has 0 spiro atoms. The van der Waals surface area contributed by atoms with Gasteiger partial charge in [-0.05, 0) is 43.8 Å². The van der Waals surface area contributed by atoms with Crippen LogP contribution in [0.25, 0.3) is 0 Å². The minimum atomic E-state index is 0.460. The van der Waals surface area contributed by atoms with Gasteiger partial charge < -0.3 is 5.32 Å². The van der Waals surface area contributed by atoms with Gasteiger partial charge in [0.1, 0.15) is 0 Å². The van der Waals surface area contributed by atoms with E-state index >= 15 is 0 Å². The van der Waals surface area contributed by atoms with Crippen LogP contribution in [-0.2, 0) is 0 Å². The Balaban J connectivity index is 2.09. The second kappa shape index (κ2) is 8.55. The highest BCUT2D eigenvalue weighted by atomic mass is 15.2. The van der Waals surface area contributed by atoms with Crippen LogP contribution in [0.1, 0.15) is 58.1 Å². The molecule has 2 rings (SSSR count). The van der Waals surface area contributed by atoms with Crippen molar-refractivity contribution in [3.63, 3.8) is 0 Å². The molecule has 1 saturated heterocycles. The summed E-state index contributed by atoms with van der Waals surface area (Å²) in [7, 11) is 0. The van der Waals surface area contributed by atoms with Gasteiger partial charge in [0.25, 0.3) is 0 Å². The first-order valence-corrected chi connectivity index (χ1v) is 8.82. The lowest BCUT2D eigenvalue weighted by Gasteiger charge is -2.35. The number of rotatable bonds is 8. The highest BCUT2D eigenvalue weighted by Gasteiger charge is 2.31. The minimum absolute atomic E-state index is 0.460. The second-order valence-corrected chi connectivity index (χ2v) is 6.36. The average molecular weight is 288 g/mol. The van der Waals surface area contributed by atoms with E-state index in [4.69, 9.17) is 0 Å². The van der Waals surface area contributed by atoms with Crippen LogP contribution in [0.15, 0.2) is 30.3 Å². The van der Waals surface area contributed by atoms with Crippen molar-refractivity contribution in [2.75, 3.05) is 19.6 Å². The van der Waals surface area contributed by atoms with Crippen LogP contribution in [0.2, 0.25) is 0 Å². The van der Waals surface area contributed by atoms with Crippen molar-refractivity contribution in [1.29, 1.82) is 0 Å². The fourth-order valence-electron chi connectivity index (χ4n) is 3.87. The lowest BCUT2D eigenvalue weighted by atomic mass is 9.96. The van der Waals surface area contributed by atoms with E-state index in [9.17, 15) is 0 Å². The first-order chi connectivity index (χ1) is 10.3. The quantitative estimate of drug-likeness (QED) is 0.770. The first-order valence-electron chi connectivity index (χ1n) is 8.82. The third-order valence-corrected chi connectivity index (χ3v) is 4.87. The molecule has 3 unspecified atom stereocenters. The van der Waals surface area contributed by atoms with Gasteiger partial charge in [0.2, 0.25) is 0 Å². The van der Waals surface area contributed by atoms with E-state index in [1.807, 2.05) is 0 Å². The van der Waals surface area contributed by atoms with E-state index in [0.29, 0.717) is 12.1 Å². The molecule has 1 aliphatic heterocycles. The molecule has 21 heavy (non-hydrogen) atoms. The van der Waals surface area contributed by atoms with Gasteiger partial charge in [0, 0.05) is 18.6 Å². The summed E-state index contributed by atoms with van der Waals surface area (Å²) in [6.07, 6.45) is 5.32. The predicted molar refractivity (Wildman–Crippen MR) is 91.5 cm³/mol. The Bertz CT molecular complexity index is 390. The predicted octanol–water partition coefficient (Wildman–Crippen LogP) is 4.24. The van der Waals surface area contributed by atoms with Crippen LogP contribution in [0, 0.1) is 5.92 Å². The molecular formula is C19H32N2. The molecule has 0 bridgehead atoms. The summed E-state index contributed by atoms with van der Waals surface area (Å²) in [4.78, 5) is 2.74. The van der Waals surface area contributed by atoms with Crippen LogP contribution >= 0.6 is 0 Å². The summed E-state index contributed by atoms with van der Waals surface area (Å²) < 4.78 is 0. The number of nitrogens with zero attached hydrogens (tertiary/aromatic N) is 1. The summed E-state index contributed by atoms with van der Waals surface area (Å²) in [6, 6.07) is 12.1. The van der Waals surface area contributed by atoms with Crippen molar-refractivity contribution in [2.24, 2.45) is 5.92 Å². The van der Waals surface area contributed by atoms with Crippen molar-refractivity contribution < 1.29 is 0 Å². The highest BCUT2D eigenvalue weighted by Crippen LogP contribution is 2.30. The van der Waals surface area contributed by atoms with Crippen molar-refractivity contribution in [3.8, 4) is 0 Å². The molecule has 2 heteroatoms. The molecule has 3 atom stereocenters. The van der Waals surface area contributed by atoms with Gasteiger partial charge in [0.15, 0.2) is 0 Å². The van der Waals surface area contributed by atoms with Crippen molar-refractivity contribution in [3.05, 3.63) is 35.9 Å². The van der Waals surface area contributed by atoms with E-state index in [1.165, 1.54) is 44.3 Å². The zero-order valence-electron chi connectivity index (χ0n) is 14.0. The van der Waals surface area contributed by atoms with E-state index in [1.54, 1.807) is 0 Å². The molecule has 1 fully saturated rings. The molecule has 1 aliphatic rings. The SMILES string of the molecule is CCCC1CCN(C(CC)C(NCC)c2ccccc2)C1. The fourth-order valence-corrected chi connectivity index (χ4v) is 3.87. The van der Waals surface area contributed by atoms with Gasteiger partial charge in [-0.2, -0.15) is 0 Å². The van der Waals surface area contributed by atoms with E-state index in [-0.39, 0.29) is 0 Å². The molecule has 0 aromatic heterocycles. The van der Waals surface area contributed by atoms with Crippen LogP contribution in [0.3, 0.4) is 0 Å². The van der Waals surface area contributed by atoms with E-state index in [2.05, 4.69) is 61.3 Å². The summed E-state index contributed by atoms with van der Waals surface area (Å²) in [6.45, 7) is 10.5. The number of hydrogen-bond donors (Lipinski definition) is 1. The maximum absolute atomic E-state index is 3.73. The summed E-state index contributed by atoms with van der Waals surface area (Å²) in [5.41, 5.74) is 1.44. The van der Waals surface area contributed by atoms with Gasteiger partial charge in [-0.1, -0.05) is 57.5 Å². The molecule has 1 heterocycles. The fraction of sp³-hybridized carbons (Fsp3) is 0.684. The lowest BCUT2D eigenvalue weighted by molar-refractivity contribution is 0.179. The molecule has 1 aromatic rings. The van der Waals surface area contributed by atoms with Gasteiger partial charge in [-0.25, -0.2) is 0 Å². The van der Waals surface area contributed by atoms with Crippen LogP contribution < -0.4 is 5.32 Å². The number of nitrogens with one attached hydrogen (secondary N) is 1. The van der Waals surface area contributed by atoms with Gasteiger partial charge in [-0.3, -0.25) is 4.90 Å². The highest BCUT2D eigenvalue weighted by molar-refractivity contribution is 5.21. The monoisotopic (exact) mass is 288 g/mol. The molecule has 0 radical (unpaired) electrons. The van der Waals surface area contributed by atoms with Crippen LogP contribution in [0.4, 0.5) is 0 Å². The average Bonchev–Trinajstić information content (AvgIpc) is 2.97. The molecule has 118 valence electrons.